The highest BCUT2D eigenvalue weighted by Crippen LogP contribution is 2.32. The monoisotopic (exact) mass is 396 g/mol. The molecule has 1 aromatic carbocycles. The molecule has 3 fully saturated rings. The van der Waals surface area contributed by atoms with E-state index in [0.29, 0.717) is 13.2 Å². The average molecular weight is 396 g/mol. The maximum absolute atomic E-state index is 5.83. The molecule has 0 N–H and O–H groups in total. The van der Waals surface area contributed by atoms with Crippen LogP contribution in [0.15, 0.2) is 36.5 Å². The zero-order valence-electron chi connectivity index (χ0n) is 16.7. The molecule has 29 heavy (non-hydrogen) atoms. The van der Waals surface area contributed by atoms with Gasteiger partial charge in [0.25, 0.3) is 0 Å². The van der Waals surface area contributed by atoms with Crippen molar-refractivity contribution in [1.29, 1.82) is 0 Å². The second kappa shape index (κ2) is 8.22. The van der Waals surface area contributed by atoms with E-state index in [0.717, 1.165) is 70.4 Å². The molecule has 8 heteroatoms. The molecule has 3 saturated heterocycles. The van der Waals surface area contributed by atoms with Gasteiger partial charge in [-0.1, -0.05) is 30.3 Å². The van der Waals surface area contributed by atoms with Gasteiger partial charge in [0, 0.05) is 58.7 Å². The fourth-order valence-electron chi connectivity index (χ4n) is 4.38. The fourth-order valence-corrected chi connectivity index (χ4v) is 4.38. The highest BCUT2D eigenvalue weighted by Gasteiger charge is 2.40. The molecule has 1 spiro atoms. The van der Waals surface area contributed by atoms with Gasteiger partial charge in [-0.3, -0.25) is 4.90 Å². The molecule has 0 amide bonds. The molecule has 3 aliphatic heterocycles. The van der Waals surface area contributed by atoms with Crippen molar-refractivity contribution < 1.29 is 9.47 Å². The summed E-state index contributed by atoms with van der Waals surface area (Å²) in [4.78, 5) is 11.8. The van der Waals surface area contributed by atoms with Crippen molar-refractivity contribution >= 4 is 11.8 Å². The van der Waals surface area contributed by atoms with Crippen molar-refractivity contribution in [3.63, 3.8) is 0 Å². The van der Waals surface area contributed by atoms with Crippen molar-refractivity contribution in [3.8, 4) is 0 Å². The average Bonchev–Trinajstić information content (AvgIpc) is 3.23. The van der Waals surface area contributed by atoms with Crippen molar-refractivity contribution in [2.24, 2.45) is 0 Å². The summed E-state index contributed by atoms with van der Waals surface area (Å²) in [5.74, 6) is 1.26. The maximum atomic E-state index is 5.83. The van der Waals surface area contributed by atoms with E-state index in [1.54, 1.807) is 6.20 Å². The second-order valence-corrected chi connectivity index (χ2v) is 7.96. The normalized spacial score (nSPS) is 22.3. The van der Waals surface area contributed by atoms with Crippen molar-refractivity contribution in [2.75, 3.05) is 62.3 Å². The smallest absolute Gasteiger partial charge is 0.247 e. The van der Waals surface area contributed by atoms with Gasteiger partial charge in [0.05, 0.1) is 19.4 Å². The Morgan fingerprint density at radius 3 is 2.31 bits per heavy atom. The summed E-state index contributed by atoms with van der Waals surface area (Å²) >= 11 is 0. The number of ether oxygens (including phenoxy) is 2. The number of rotatable bonds is 4. The molecule has 0 aliphatic carbocycles. The molecule has 0 unspecified atom stereocenters. The van der Waals surface area contributed by atoms with Gasteiger partial charge in [-0.2, -0.15) is 10.1 Å². The van der Waals surface area contributed by atoms with Crippen LogP contribution in [-0.4, -0.2) is 78.4 Å². The summed E-state index contributed by atoms with van der Waals surface area (Å²) in [6, 6.07) is 10.6. The molecule has 0 bridgehead atoms. The van der Waals surface area contributed by atoms with Crippen molar-refractivity contribution in [1.82, 2.24) is 20.1 Å². The van der Waals surface area contributed by atoms with E-state index < -0.39 is 0 Å². The van der Waals surface area contributed by atoms with E-state index in [4.69, 9.17) is 14.5 Å². The van der Waals surface area contributed by atoms with Crippen LogP contribution in [0, 0.1) is 0 Å². The Bertz CT molecular complexity index is 796. The second-order valence-electron chi connectivity index (χ2n) is 7.96. The zero-order chi connectivity index (χ0) is 19.5. The topological polar surface area (TPSA) is 66.9 Å². The molecule has 0 saturated carbocycles. The molecule has 2 aromatic rings. The number of hydrogen-bond acceptors (Lipinski definition) is 8. The first kappa shape index (κ1) is 18.7. The van der Waals surface area contributed by atoms with E-state index in [-0.39, 0.29) is 5.79 Å². The molecule has 3 aliphatic rings. The minimum Gasteiger partial charge on any atom is -0.355 e. The summed E-state index contributed by atoms with van der Waals surface area (Å²) in [7, 11) is 0. The molecule has 0 atom stereocenters. The summed E-state index contributed by atoms with van der Waals surface area (Å²) in [6.45, 7) is 7.97. The third-order valence-electron chi connectivity index (χ3n) is 6.10. The van der Waals surface area contributed by atoms with Crippen LogP contribution in [0.3, 0.4) is 0 Å². The number of piperidine rings is 1. The SMILES string of the molecule is c1ccc(CN2CCN(c3nncc(N4CCC5(CC4)OCCO5)n3)CC2)cc1. The van der Waals surface area contributed by atoms with Crippen LogP contribution in [0.5, 0.6) is 0 Å². The predicted octanol–water partition coefficient (Wildman–Crippen LogP) is 1.54. The lowest BCUT2D eigenvalue weighted by molar-refractivity contribution is -0.169. The molecular weight excluding hydrogens is 368 g/mol. The van der Waals surface area contributed by atoms with Gasteiger partial charge in [0.2, 0.25) is 5.95 Å². The number of aromatic nitrogens is 3. The quantitative estimate of drug-likeness (QED) is 0.771. The highest BCUT2D eigenvalue weighted by atomic mass is 16.7. The first-order valence-corrected chi connectivity index (χ1v) is 10.5. The first-order chi connectivity index (χ1) is 14.3. The van der Waals surface area contributed by atoms with E-state index in [1.807, 2.05) is 0 Å². The third-order valence-corrected chi connectivity index (χ3v) is 6.10. The summed E-state index contributed by atoms with van der Waals surface area (Å²) in [5.41, 5.74) is 1.36. The van der Waals surface area contributed by atoms with Crippen LogP contribution in [-0.2, 0) is 16.0 Å². The molecule has 154 valence electrons. The summed E-state index contributed by atoms with van der Waals surface area (Å²) in [6.07, 6.45) is 3.50. The van der Waals surface area contributed by atoms with E-state index in [9.17, 15) is 0 Å². The fraction of sp³-hybridized carbons (Fsp3) is 0.571. The molecular formula is C21H28N6O2. The number of benzene rings is 1. The summed E-state index contributed by atoms with van der Waals surface area (Å²) < 4.78 is 11.7. The Kier molecular flexibility index (Phi) is 5.30. The molecule has 4 heterocycles. The van der Waals surface area contributed by atoms with Gasteiger partial charge in [0.1, 0.15) is 0 Å². The van der Waals surface area contributed by atoms with Crippen LogP contribution in [0.25, 0.3) is 0 Å². The predicted molar refractivity (Wildman–Crippen MR) is 110 cm³/mol. The Hall–Kier alpha value is -2.29. The minimum absolute atomic E-state index is 0.366. The standard InChI is InChI=1S/C21H28N6O2/c1-2-4-18(5-3-1)17-25-10-12-27(13-11-25)20-23-19(16-22-24-20)26-8-6-21(7-9-26)28-14-15-29-21/h1-5,16H,6-15,17H2. The Morgan fingerprint density at radius 1 is 0.862 bits per heavy atom. The highest BCUT2D eigenvalue weighted by molar-refractivity contribution is 5.42. The van der Waals surface area contributed by atoms with Gasteiger partial charge in [-0.05, 0) is 5.56 Å². The number of hydrogen-bond donors (Lipinski definition) is 0. The lowest BCUT2D eigenvalue weighted by atomic mass is 10.0. The van der Waals surface area contributed by atoms with E-state index in [2.05, 4.69) is 55.2 Å². The van der Waals surface area contributed by atoms with Crippen molar-refractivity contribution in [3.05, 3.63) is 42.1 Å². The van der Waals surface area contributed by atoms with Gasteiger partial charge in [-0.25, -0.2) is 0 Å². The van der Waals surface area contributed by atoms with Crippen LogP contribution in [0.1, 0.15) is 18.4 Å². The maximum Gasteiger partial charge on any atom is 0.247 e. The lowest BCUT2D eigenvalue weighted by Crippen LogP contribution is -2.47. The first-order valence-electron chi connectivity index (χ1n) is 10.5. The lowest BCUT2D eigenvalue weighted by Gasteiger charge is -2.38. The van der Waals surface area contributed by atoms with Crippen LogP contribution < -0.4 is 9.80 Å². The van der Waals surface area contributed by atoms with Crippen molar-refractivity contribution in [2.45, 2.75) is 25.2 Å². The van der Waals surface area contributed by atoms with Gasteiger partial charge < -0.3 is 19.3 Å². The number of piperazine rings is 1. The number of anilines is 2. The third kappa shape index (κ3) is 4.19. The Morgan fingerprint density at radius 2 is 1.59 bits per heavy atom. The zero-order valence-corrected chi connectivity index (χ0v) is 16.7. The number of nitrogens with zero attached hydrogens (tertiary/aromatic N) is 6. The molecule has 8 nitrogen and oxygen atoms in total. The Labute approximate surface area is 171 Å². The van der Waals surface area contributed by atoms with Crippen LogP contribution in [0.4, 0.5) is 11.8 Å². The van der Waals surface area contributed by atoms with Gasteiger partial charge in [0.15, 0.2) is 11.6 Å². The van der Waals surface area contributed by atoms with Gasteiger partial charge >= 0.3 is 0 Å². The largest absolute Gasteiger partial charge is 0.355 e. The van der Waals surface area contributed by atoms with Crippen LogP contribution >= 0.6 is 0 Å². The van der Waals surface area contributed by atoms with E-state index >= 15 is 0 Å². The minimum atomic E-state index is -0.366. The summed E-state index contributed by atoms with van der Waals surface area (Å²) in [5, 5.41) is 8.55. The van der Waals surface area contributed by atoms with Crippen LogP contribution in [0.2, 0.25) is 0 Å². The molecule has 1 aromatic heterocycles. The van der Waals surface area contributed by atoms with Gasteiger partial charge in [-0.15, -0.1) is 5.10 Å². The van der Waals surface area contributed by atoms with E-state index in [1.165, 1.54) is 5.56 Å². The molecule has 0 radical (unpaired) electrons. The Balaban J connectivity index is 1.18. The molecule has 5 rings (SSSR count).